The number of rotatable bonds is 11. The Kier molecular flexibility index (Phi) is 9.67. The smallest absolute Gasteiger partial charge is 0.220 e. The van der Waals surface area contributed by atoms with Gasteiger partial charge in [-0.3, -0.25) is 9.79 Å². The summed E-state index contributed by atoms with van der Waals surface area (Å²) in [5.41, 5.74) is 0. The van der Waals surface area contributed by atoms with Crippen LogP contribution in [-0.2, 0) is 4.79 Å². The third-order valence-electron chi connectivity index (χ3n) is 3.62. The van der Waals surface area contributed by atoms with E-state index in [2.05, 4.69) is 41.7 Å². The van der Waals surface area contributed by atoms with Crippen molar-refractivity contribution in [1.29, 1.82) is 0 Å². The van der Waals surface area contributed by atoms with Crippen LogP contribution in [0.5, 0.6) is 0 Å². The van der Waals surface area contributed by atoms with Gasteiger partial charge < -0.3 is 16.0 Å². The van der Waals surface area contributed by atoms with Gasteiger partial charge in [-0.25, -0.2) is 0 Å². The van der Waals surface area contributed by atoms with E-state index < -0.39 is 0 Å². The first-order chi connectivity index (χ1) is 10.6. The summed E-state index contributed by atoms with van der Waals surface area (Å²) in [6.45, 7) is 9.11. The molecule has 0 aromatic carbocycles. The molecule has 3 N–H and O–H groups in total. The first-order valence-corrected chi connectivity index (χ1v) is 8.93. The fourth-order valence-electron chi connectivity index (χ4n) is 2.18. The van der Waals surface area contributed by atoms with Crippen molar-refractivity contribution in [2.24, 2.45) is 10.9 Å². The molecule has 22 heavy (non-hydrogen) atoms. The minimum atomic E-state index is 0.171. The Bertz CT molecular complexity index is 338. The molecule has 5 nitrogen and oxygen atoms in total. The quantitative estimate of drug-likeness (QED) is 0.312. The molecule has 0 heterocycles. The van der Waals surface area contributed by atoms with Gasteiger partial charge in [0.05, 0.1) is 0 Å². The maximum Gasteiger partial charge on any atom is 0.220 e. The van der Waals surface area contributed by atoms with Gasteiger partial charge in [0.15, 0.2) is 5.96 Å². The van der Waals surface area contributed by atoms with E-state index >= 15 is 0 Å². The highest BCUT2D eigenvalue weighted by Gasteiger charge is 2.22. The van der Waals surface area contributed by atoms with Crippen LogP contribution >= 0.6 is 0 Å². The molecule has 1 saturated carbocycles. The van der Waals surface area contributed by atoms with Crippen molar-refractivity contribution < 1.29 is 4.79 Å². The average Bonchev–Trinajstić information content (AvgIpc) is 3.26. The van der Waals surface area contributed by atoms with Crippen molar-refractivity contribution in [3.05, 3.63) is 0 Å². The van der Waals surface area contributed by atoms with Crippen LogP contribution in [0.1, 0.15) is 65.7 Å². The molecule has 1 aliphatic rings. The number of hydrogen-bond acceptors (Lipinski definition) is 2. The third kappa shape index (κ3) is 10.5. The Morgan fingerprint density at radius 3 is 2.59 bits per heavy atom. The monoisotopic (exact) mass is 310 g/mol. The highest BCUT2D eigenvalue weighted by Crippen LogP contribution is 2.18. The average molecular weight is 310 g/mol. The lowest BCUT2D eigenvalue weighted by Gasteiger charge is -2.11. The maximum absolute atomic E-state index is 11.6. The third-order valence-corrected chi connectivity index (χ3v) is 3.62. The number of amides is 1. The number of unbranched alkanes of at least 4 members (excludes halogenated alkanes) is 1. The fraction of sp³-hybridized carbons (Fsp3) is 0.882. The van der Waals surface area contributed by atoms with Gasteiger partial charge in [-0.2, -0.15) is 0 Å². The highest BCUT2D eigenvalue weighted by molar-refractivity contribution is 5.79. The molecule has 1 amide bonds. The van der Waals surface area contributed by atoms with Crippen molar-refractivity contribution in [3.63, 3.8) is 0 Å². The van der Waals surface area contributed by atoms with E-state index in [0.29, 0.717) is 19.0 Å². The molecule has 1 rings (SSSR count). The van der Waals surface area contributed by atoms with Crippen LogP contribution < -0.4 is 16.0 Å². The molecule has 128 valence electrons. The van der Waals surface area contributed by atoms with E-state index in [-0.39, 0.29) is 5.91 Å². The Hall–Kier alpha value is -1.26. The summed E-state index contributed by atoms with van der Waals surface area (Å²) in [5.74, 6) is 1.82. The molecule has 0 bridgehead atoms. The number of carbonyl (C=O) groups excluding carboxylic acids is 1. The predicted molar refractivity (Wildman–Crippen MR) is 93.1 cm³/mol. The Labute approximate surface area is 135 Å². The van der Waals surface area contributed by atoms with Gasteiger partial charge in [-0.05, 0) is 38.5 Å². The summed E-state index contributed by atoms with van der Waals surface area (Å²) >= 11 is 0. The Morgan fingerprint density at radius 1 is 1.18 bits per heavy atom. The van der Waals surface area contributed by atoms with Crippen LogP contribution in [0.3, 0.4) is 0 Å². The summed E-state index contributed by atoms with van der Waals surface area (Å²) < 4.78 is 0. The Morgan fingerprint density at radius 2 is 1.95 bits per heavy atom. The van der Waals surface area contributed by atoms with Crippen molar-refractivity contribution in [1.82, 2.24) is 16.0 Å². The topological polar surface area (TPSA) is 65.5 Å². The van der Waals surface area contributed by atoms with E-state index in [1.165, 1.54) is 19.3 Å². The van der Waals surface area contributed by atoms with Crippen molar-refractivity contribution in [2.75, 3.05) is 19.6 Å². The SMILES string of the molecule is CCNC(=NCCCC(=O)NC1CC1)NCCCCC(C)C. The van der Waals surface area contributed by atoms with E-state index in [4.69, 9.17) is 0 Å². The second-order valence-corrected chi connectivity index (χ2v) is 6.52. The summed E-state index contributed by atoms with van der Waals surface area (Å²) in [6, 6.07) is 0.459. The predicted octanol–water partition coefficient (Wildman–Crippen LogP) is 2.43. The van der Waals surface area contributed by atoms with Gasteiger partial charge in [-0.15, -0.1) is 0 Å². The summed E-state index contributed by atoms with van der Waals surface area (Å²) in [6.07, 6.45) is 7.39. The largest absolute Gasteiger partial charge is 0.357 e. The van der Waals surface area contributed by atoms with Crippen LogP contribution in [0, 0.1) is 5.92 Å². The zero-order chi connectivity index (χ0) is 16.2. The van der Waals surface area contributed by atoms with E-state index in [1.54, 1.807) is 0 Å². The number of carbonyl (C=O) groups is 1. The van der Waals surface area contributed by atoms with Crippen molar-refractivity contribution in [3.8, 4) is 0 Å². The van der Waals surface area contributed by atoms with Gasteiger partial charge in [-0.1, -0.05) is 26.7 Å². The lowest BCUT2D eigenvalue weighted by Crippen LogP contribution is -2.38. The number of guanidine groups is 1. The van der Waals surface area contributed by atoms with Crippen molar-refractivity contribution in [2.45, 2.75) is 71.8 Å². The van der Waals surface area contributed by atoms with E-state index in [0.717, 1.165) is 44.2 Å². The molecule has 0 aromatic heterocycles. The molecule has 1 aliphatic carbocycles. The zero-order valence-corrected chi connectivity index (χ0v) is 14.6. The molecule has 0 radical (unpaired) electrons. The van der Waals surface area contributed by atoms with Crippen LogP contribution in [0.15, 0.2) is 4.99 Å². The zero-order valence-electron chi connectivity index (χ0n) is 14.6. The van der Waals surface area contributed by atoms with Gasteiger partial charge >= 0.3 is 0 Å². The highest BCUT2D eigenvalue weighted by atomic mass is 16.1. The molecule has 1 fully saturated rings. The van der Waals surface area contributed by atoms with Crippen LogP contribution in [0.4, 0.5) is 0 Å². The molecule has 0 aromatic rings. The van der Waals surface area contributed by atoms with Gasteiger partial charge in [0.25, 0.3) is 0 Å². The Balaban J connectivity index is 2.10. The minimum Gasteiger partial charge on any atom is -0.357 e. The molecule has 0 aliphatic heterocycles. The molecule has 0 spiro atoms. The first kappa shape index (κ1) is 18.8. The molecule has 5 heteroatoms. The van der Waals surface area contributed by atoms with Gasteiger partial charge in [0.1, 0.15) is 0 Å². The number of nitrogens with zero attached hydrogens (tertiary/aromatic N) is 1. The molecule has 0 saturated heterocycles. The summed E-state index contributed by atoms with van der Waals surface area (Å²) in [5, 5.41) is 9.62. The van der Waals surface area contributed by atoms with Crippen LogP contribution in [0.2, 0.25) is 0 Å². The fourth-order valence-corrected chi connectivity index (χ4v) is 2.18. The number of aliphatic imine (C=N–C) groups is 1. The number of hydrogen-bond donors (Lipinski definition) is 3. The summed E-state index contributed by atoms with van der Waals surface area (Å²) in [7, 11) is 0. The lowest BCUT2D eigenvalue weighted by molar-refractivity contribution is -0.121. The van der Waals surface area contributed by atoms with Crippen LogP contribution in [0.25, 0.3) is 0 Å². The number of nitrogens with one attached hydrogen (secondary N) is 3. The molecular formula is C17H34N4O. The second kappa shape index (κ2) is 11.3. The van der Waals surface area contributed by atoms with E-state index in [1.807, 2.05) is 0 Å². The second-order valence-electron chi connectivity index (χ2n) is 6.52. The molecule has 0 atom stereocenters. The lowest BCUT2D eigenvalue weighted by atomic mass is 10.1. The van der Waals surface area contributed by atoms with Gasteiger partial charge in [0.2, 0.25) is 5.91 Å². The first-order valence-electron chi connectivity index (χ1n) is 8.93. The standard InChI is InChI=1S/C17H34N4O/c1-4-18-17(19-12-6-5-8-14(2)3)20-13-7-9-16(22)21-15-10-11-15/h14-15H,4-13H2,1-3H3,(H,21,22)(H2,18,19,20). The minimum absolute atomic E-state index is 0.171. The molecule has 0 unspecified atom stereocenters. The van der Waals surface area contributed by atoms with Gasteiger partial charge in [0, 0.05) is 32.1 Å². The maximum atomic E-state index is 11.6. The van der Waals surface area contributed by atoms with E-state index in [9.17, 15) is 4.79 Å². The van der Waals surface area contributed by atoms with Crippen LogP contribution in [-0.4, -0.2) is 37.5 Å². The molecular weight excluding hydrogens is 276 g/mol. The normalized spacial score (nSPS) is 15.0. The van der Waals surface area contributed by atoms with Crippen molar-refractivity contribution >= 4 is 11.9 Å². The summed E-state index contributed by atoms with van der Waals surface area (Å²) in [4.78, 5) is 16.1.